The Morgan fingerprint density at radius 3 is 2.59 bits per heavy atom. The van der Waals surface area contributed by atoms with Crippen molar-refractivity contribution in [3.63, 3.8) is 0 Å². The van der Waals surface area contributed by atoms with E-state index in [1.165, 1.54) is 25.2 Å². The van der Waals surface area contributed by atoms with Crippen LogP contribution >= 0.6 is 11.6 Å². The maximum absolute atomic E-state index is 13.6. The van der Waals surface area contributed by atoms with E-state index in [9.17, 15) is 17.9 Å². The van der Waals surface area contributed by atoms with Crippen molar-refractivity contribution in [3.8, 4) is 0 Å². The van der Waals surface area contributed by atoms with Crippen LogP contribution in [0.5, 0.6) is 0 Å². The summed E-state index contributed by atoms with van der Waals surface area (Å²) in [7, 11) is -0.404. The molecule has 158 valence electrons. The van der Waals surface area contributed by atoms with E-state index in [-0.39, 0.29) is 23.0 Å². The molecular formula is C20H27BClFN2O3S. The molecule has 0 aromatic heterocycles. The molecule has 0 fully saturated rings. The average molecular weight is 441 g/mol. The molecule has 2 rings (SSSR count). The molecule has 0 saturated carbocycles. The number of hydrogen-bond donors (Lipinski definition) is 2. The maximum atomic E-state index is 13.6. The van der Waals surface area contributed by atoms with Crippen molar-refractivity contribution < 1.29 is 17.9 Å². The van der Waals surface area contributed by atoms with Crippen LogP contribution < -0.4 is 10.8 Å². The number of hydrogen-bond acceptors (Lipinski definition) is 4. The summed E-state index contributed by atoms with van der Waals surface area (Å²) in [5.74, 6) is -0.469. The normalized spacial score (nSPS) is 13.6. The highest BCUT2D eigenvalue weighted by Crippen LogP contribution is 2.19. The Balaban J connectivity index is 1.93. The van der Waals surface area contributed by atoms with E-state index >= 15 is 0 Å². The molecule has 1 unspecified atom stereocenters. The first-order valence-corrected chi connectivity index (χ1v) is 11.1. The molecular weight excluding hydrogens is 414 g/mol. The molecule has 0 heterocycles. The van der Waals surface area contributed by atoms with Gasteiger partial charge in [-0.1, -0.05) is 35.3 Å². The Bertz CT molecular complexity index is 956. The number of β-amino-alcohol motifs (C(OH)–C–C–N with tert-alkyl or cyclic N) is 1. The fourth-order valence-corrected chi connectivity index (χ4v) is 4.46. The minimum atomic E-state index is -3.68. The van der Waals surface area contributed by atoms with Gasteiger partial charge in [-0.15, -0.1) is 0 Å². The largest absolute Gasteiger partial charge is 0.390 e. The summed E-state index contributed by atoms with van der Waals surface area (Å²) in [6.07, 6.45) is -0.383. The number of halogens is 2. The molecule has 2 N–H and O–H groups in total. The number of rotatable bonds is 9. The molecule has 0 aliphatic heterocycles. The predicted molar refractivity (Wildman–Crippen MR) is 118 cm³/mol. The van der Waals surface area contributed by atoms with Crippen molar-refractivity contribution in [2.24, 2.45) is 0 Å². The monoisotopic (exact) mass is 440 g/mol. The highest BCUT2D eigenvalue weighted by Gasteiger charge is 2.25. The lowest BCUT2D eigenvalue weighted by molar-refractivity contribution is 0.139. The third-order valence-electron chi connectivity index (χ3n) is 4.61. The highest BCUT2D eigenvalue weighted by molar-refractivity contribution is 7.89. The zero-order valence-corrected chi connectivity index (χ0v) is 18.7. The highest BCUT2D eigenvalue weighted by atomic mass is 35.5. The molecule has 1 atom stereocenters. The van der Waals surface area contributed by atoms with Crippen molar-refractivity contribution in [3.05, 3.63) is 58.9 Å². The van der Waals surface area contributed by atoms with Crippen LogP contribution in [0.15, 0.2) is 47.4 Å². The Kier molecular flexibility index (Phi) is 7.87. The van der Waals surface area contributed by atoms with Crippen LogP contribution in [0.1, 0.15) is 19.4 Å². The SMILES string of the molecule is Bc1cccc(S(=O)(=O)N(C)CC(O)CNC(C)(C)Cc2ccc(Cl)c(F)c2)c1. The van der Waals surface area contributed by atoms with Gasteiger partial charge in [0.15, 0.2) is 0 Å². The number of sulfonamides is 1. The Morgan fingerprint density at radius 2 is 1.97 bits per heavy atom. The van der Waals surface area contributed by atoms with Crippen molar-refractivity contribution in [2.45, 2.75) is 36.8 Å². The third kappa shape index (κ3) is 6.79. The second kappa shape index (κ2) is 9.58. The van der Waals surface area contributed by atoms with Gasteiger partial charge in [-0.2, -0.15) is 4.31 Å². The zero-order valence-electron chi connectivity index (χ0n) is 17.1. The van der Waals surface area contributed by atoms with Crippen LogP contribution in [0.25, 0.3) is 0 Å². The van der Waals surface area contributed by atoms with Crippen molar-refractivity contribution in [1.29, 1.82) is 0 Å². The molecule has 29 heavy (non-hydrogen) atoms. The average Bonchev–Trinajstić information content (AvgIpc) is 2.63. The first-order valence-electron chi connectivity index (χ1n) is 9.31. The van der Waals surface area contributed by atoms with Gasteiger partial charge in [-0.05, 0) is 50.1 Å². The summed E-state index contributed by atoms with van der Waals surface area (Å²) in [6.45, 7) is 4.00. The van der Waals surface area contributed by atoms with E-state index in [4.69, 9.17) is 11.6 Å². The number of nitrogens with one attached hydrogen (secondary N) is 1. The second-order valence-electron chi connectivity index (χ2n) is 7.95. The molecule has 0 amide bonds. The van der Waals surface area contributed by atoms with Crippen LogP contribution in [-0.4, -0.2) is 57.5 Å². The molecule has 5 nitrogen and oxygen atoms in total. The van der Waals surface area contributed by atoms with Crippen LogP contribution in [-0.2, 0) is 16.4 Å². The van der Waals surface area contributed by atoms with Gasteiger partial charge in [0.1, 0.15) is 13.7 Å². The summed E-state index contributed by atoms with van der Waals surface area (Å²) >= 11 is 5.72. The van der Waals surface area contributed by atoms with E-state index in [0.29, 0.717) is 6.42 Å². The fourth-order valence-electron chi connectivity index (χ4n) is 3.03. The number of likely N-dealkylation sites (N-methyl/N-ethyl adjacent to an activating group) is 1. The van der Waals surface area contributed by atoms with Gasteiger partial charge >= 0.3 is 0 Å². The van der Waals surface area contributed by atoms with Crippen LogP contribution in [0.3, 0.4) is 0 Å². The Morgan fingerprint density at radius 1 is 1.28 bits per heavy atom. The second-order valence-corrected chi connectivity index (χ2v) is 10.4. The summed E-state index contributed by atoms with van der Waals surface area (Å²) in [4.78, 5) is 0.199. The van der Waals surface area contributed by atoms with E-state index in [2.05, 4.69) is 5.32 Å². The molecule has 2 aromatic carbocycles. The van der Waals surface area contributed by atoms with Gasteiger partial charge in [-0.3, -0.25) is 0 Å². The third-order valence-corrected chi connectivity index (χ3v) is 6.74. The first kappa shape index (κ1) is 23.8. The van der Waals surface area contributed by atoms with E-state index < -0.39 is 27.5 Å². The van der Waals surface area contributed by atoms with Gasteiger partial charge in [0.2, 0.25) is 10.0 Å². The first-order chi connectivity index (χ1) is 13.4. The van der Waals surface area contributed by atoms with Crippen molar-refractivity contribution >= 4 is 34.9 Å². The van der Waals surface area contributed by atoms with Gasteiger partial charge < -0.3 is 10.4 Å². The standard InChI is InChI=1S/C20H27BClFN2O3S/c1-20(2,11-14-7-8-18(22)19(23)9-14)24-12-16(26)13-25(3)29(27,28)17-6-4-5-15(21)10-17/h4-10,16,24,26H,11-13,21H2,1-3H3. The van der Waals surface area contributed by atoms with Crippen LogP contribution in [0.4, 0.5) is 4.39 Å². The van der Waals surface area contributed by atoms with Gasteiger partial charge in [0.25, 0.3) is 0 Å². The van der Waals surface area contributed by atoms with Crippen LogP contribution in [0.2, 0.25) is 5.02 Å². The van der Waals surface area contributed by atoms with Gasteiger partial charge in [0.05, 0.1) is 16.0 Å². The predicted octanol–water partition coefficient (Wildman–Crippen LogP) is 1.33. The number of aliphatic hydroxyl groups is 1. The molecule has 2 aromatic rings. The fraction of sp³-hybridized carbons (Fsp3) is 0.400. The van der Waals surface area contributed by atoms with Crippen LogP contribution in [0, 0.1) is 5.82 Å². The molecule has 0 saturated heterocycles. The smallest absolute Gasteiger partial charge is 0.242 e. The number of nitrogens with zero attached hydrogens (tertiary/aromatic N) is 1. The zero-order chi connectivity index (χ0) is 21.8. The quantitative estimate of drug-likeness (QED) is 0.577. The maximum Gasteiger partial charge on any atom is 0.242 e. The summed E-state index contributed by atoms with van der Waals surface area (Å²) < 4.78 is 40.1. The lowest BCUT2D eigenvalue weighted by atomic mass is 9.94. The Hall–Kier alpha value is -1.45. The molecule has 0 aliphatic rings. The minimum absolute atomic E-state index is 0.0467. The number of benzene rings is 2. The topological polar surface area (TPSA) is 69.6 Å². The van der Waals surface area contributed by atoms with Gasteiger partial charge in [-0.25, -0.2) is 12.8 Å². The minimum Gasteiger partial charge on any atom is -0.390 e. The lowest BCUT2D eigenvalue weighted by Gasteiger charge is -2.29. The van der Waals surface area contributed by atoms with Crippen molar-refractivity contribution in [2.75, 3.05) is 20.1 Å². The molecule has 0 aliphatic carbocycles. The summed E-state index contributed by atoms with van der Waals surface area (Å²) in [5.41, 5.74) is 1.19. The summed E-state index contributed by atoms with van der Waals surface area (Å²) in [5, 5.41) is 13.6. The van der Waals surface area contributed by atoms with E-state index in [1.54, 1.807) is 18.2 Å². The summed E-state index contributed by atoms with van der Waals surface area (Å²) in [6, 6.07) is 11.3. The molecule has 0 radical (unpaired) electrons. The molecule has 9 heteroatoms. The van der Waals surface area contributed by atoms with Gasteiger partial charge in [0, 0.05) is 25.7 Å². The molecule has 0 spiro atoms. The van der Waals surface area contributed by atoms with E-state index in [0.717, 1.165) is 15.3 Å². The van der Waals surface area contributed by atoms with Crippen molar-refractivity contribution in [1.82, 2.24) is 9.62 Å². The van der Waals surface area contributed by atoms with E-state index in [1.807, 2.05) is 27.8 Å². The molecule has 0 bridgehead atoms. The number of aliphatic hydroxyl groups excluding tert-OH is 1. The lowest BCUT2D eigenvalue weighted by Crippen LogP contribution is -2.47. The Labute approximate surface area is 178 Å².